The van der Waals surface area contributed by atoms with Crippen LogP contribution < -0.4 is 14.4 Å². The molecule has 0 spiro atoms. The molecule has 1 aliphatic rings. The number of hydrogen-bond acceptors (Lipinski definition) is 7. The summed E-state index contributed by atoms with van der Waals surface area (Å²) in [5.41, 5.74) is 1.46. The quantitative estimate of drug-likeness (QED) is 0.226. The van der Waals surface area contributed by atoms with Crippen LogP contribution in [0.25, 0.3) is 5.76 Å². The number of aliphatic hydroxyl groups is 1. The van der Waals surface area contributed by atoms with E-state index >= 15 is 0 Å². The fourth-order valence-corrected chi connectivity index (χ4v) is 4.16. The van der Waals surface area contributed by atoms with Gasteiger partial charge in [-0.15, -0.1) is 0 Å². The SMILES string of the molecule is CCOC(=O)c1ccc(N2C(=O)C(=O)C(=C(O)c3ccccc3)[C@@H]2c2ccc(OC)cc2OC)cc1. The Morgan fingerprint density at radius 1 is 0.917 bits per heavy atom. The fraction of sp³-hybridized carbons (Fsp3) is 0.179. The lowest BCUT2D eigenvalue weighted by molar-refractivity contribution is -0.132. The van der Waals surface area contributed by atoms with Gasteiger partial charge in [0.25, 0.3) is 11.7 Å². The number of anilines is 1. The molecule has 1 atom stereocenters. The molecule has 1 heterocycles. The number of hydrogen-bond donors (Lipinski definition) is 1. The van der Waals surface area contributed by atoms with Crippen molar-refractivity contribution in [1.82, 2.24) is 0 Å². The summed E-state index contributed by atoms with van der Waals surface area (Å²) in [6.45, 7) is 1.94. The lowest BCUT2D eigenvalue weighted by Crippen LogP contribution is -2.29. The Morgan fingerprint density at radius 3 is 2.22 bits per heavy atom. The summed E-state index contributed by atoms with van der Waals surface area (Å²) in [5.74, 6) is -1.57. The van der Waals surface area contributed by atoms with E-state index in [0.717, 1.165) is 0 Å². The van der Waals surface area contributed by atoms with Crippen molar-refractivity contribution in [2.45, 2.75) is 13.0 Å². The van der Waals surface area contributed by atoms with Gasteiger partial charge in [-0.2, -0.15) is 0 Å². The van der Waals surface area contributed by atoms with E-state index in [-0.39, 0.29) is 17.9 Å². The van der Waals surface area contributed by atoms with E-state index in [1.165, 1.54) is 31.3 Å². The molecule has 0 aromatic heterocycles. The summed E-state index contributed by atoms with van der Waals surface area (Å²) in [6.07, 6.45) is 0. The van der Waals surface area contributed by atoms with Gasteiger partial charge in [-0.05, 0) is 43.3 Å². The number of methoxy groups -OCH3 is 2. The van der Waals surface area contributed by atoms with Gasteiger partial charge in [-0.3, -0.25) is 14.5 Å². The third-order valence-electron chi connectivity index (χ3n) is 5.88. The van der Waals surface area contributed by atoms with Gasteiger partial charge in [-0.1, -0.05) is 30.3 Å². The normalized spacial score (nSPS) is 16.6. The summed E-state index contributed by atoms with van der Waals surface area (Å²) in [5, 5.41) is 11.2. The third-order valence-corrected chi connectivity index (χ3v) is 5.88. The average Bonchev–Trinajstić information content (AvgIpc) is 3.18. The average molecular weight is 488 g/mol. The first-order valence-corrected chi connectivity index (χ1v) is 11.3. The number of aliphatic hydroxyl groups excluding tert-OH is 1. The molecule has 0 saturated carbocycles. The second-order valence-electron chi connectivity index (χ2n) is 7.91. The summed E-state index contributed by atoms with van der Waals surface area (Å²) < 4.78 is 15.9. The summed E-state index contributed by atoms with van der Waals surface area (Å²) in [4.78, 5) is 40.1. The zero-order chi connectivity index (χ0) is 25.8. The molecule has 4 rings (SSSR count). The van der Waals surface area contributed by atoms with E-state index in [1.54, 1.807) is 67.6 Å². The first-order chi connectivity index (χ1) is 17.4. The molecule has 1 saturated heterocycles. The van der Waals surface area contributed by atoms with Gasteiger partial charge < -0.3 is 19.3 Å². The number of rotatable bonds is 7. The summed E-state index contributed by atoms with van der Waals surface area (Å²) in [6, 6.07) is 18.7. The zero-order valence-electron chi connectivity index (χ0n) is 20.1. The number of carbonyl (C=O) groups excluding carboxylic acids is 3. The first kappa shape index (κ1) is 24.5. The predicted octanol–water partition coefficient (Wildman–Crippen LogP) is 4.51. The summed E-state index contributed by atoms with van der Waals surface area (Å²) >= 11 is 0. The Hall–Kier alpha value is -4.59. The maximum absolute atomic E-state index is 13.4. The smallest absolute Gasteiger partial charge is 0.338 e. The molecular weight excluding hydrogens is 462 g/mol. The molecule has 1 aliphatic heterocycles. The van der Waals surface area contributed by atoms with Crippen LogP contribution in [0.4, 0.5) is 5.69 Å². The van der Waals surface area contributed by atoms with Gasteiger partial charge in [-0.25, -0.2) is 4.79 Å². The summed E-state index contributed by atoms with van der Waals surface area (Å²) in [7, 11) is 2.98. The standard InChI is InChI=1S/C28H25NO7/c1-4-36-28(33)18-10-12-19(13-11-18)29-24(21-15-14-20(34-2)16-22(21)35-3)23(26(31)27(29)32)25(30)17-8-6-5-7-9-17/h5-16,24,30H,4H2,1-3H3/t24-/m0/s1. The minimum absolute atomic E-state index is 0.0795. The predicted molar refractivity (Wildman–Crippen MR) is 133 cm³/mol. The number of Topliss-reactive ketones (excluding diaryl/α,β-unsaturated/α-hetero) is 1. The Morgan fingerprint density at radius 2 is 1.61 bits per heavy atom. The largest absolute Gasteiger partial charge is 0.507 e. The Bertz CT molecular complexity index is 1330. The minimum atomic E-state index is -1.00. The highest BCUT2D eigenvalue weighted by Gasteiger charge is 2.48. The fourth-order valence-electron chi connectivity index (χ4n) is 4.16. The van der Waals surface area contributed by atoms with Crippen LogP contribution in [0.3, 0.4) is 0 Å². The molecule has 1 amide bonds. The number of benzene rings is 3. The molecule has 3 aromatic rings. The molecule has 0 unspecified atom stereocenters. The van der Waals surface area contributed by atoms with Crippen molar-refractivity contribution in [2.24, 2.45) is 0 Å². The molecule has 0 bridgehead atoms. The minimum Gasteiger partial charge on any atom is -0.507 e. The van der Waals surface area contributed by atoms with Gasteiger partial charge in [0.05, 0.1) is 38.0 Å². The Balaban J connectivity index is 1.91. The number of esters is 1. The molecule has 1 N–H and O–H groups in total. The lowest BCUT2D eigenvalue weighted by atomic mass is 9.94. The number of ether oxygens (including phenoxy) is 3. The van der Waals surface area contributed by atoms with Crippen molar-refractivity contribution in [3.05, 3.63) is 95.1 Å². The number of nitrogens with zero attached hydrogens (tertiary/aromatic N) is 1. The Kier molecular flexibility index (Phi) is 7.05. The van der Waals surface area contributed by atoms with E-state index in [2.05, 4.69) is 0 Å². The number of carbonyl (C=O) groups is 3. The van der Waals surface area contributed by atoms with E-state index in [0.29, 0.717) is 33.9 Å². The third kappa shape index (κ3) is 4.40. The van der Waals surface area contributed by atoms with Gasteiger partial charge in [0.1, 0.15) is 17.3 Å². The van der Waals surface area contributed by atoms with Crippen LogP contribution in [0.2, 0.25) is 0 Å². The highest BCUT2D eigenvalue weighted by molar-refractivity contribution is 6.51. The van der Waals surface area contributed by atoms with E-state index in [9.17, 15) is 19.5 Å². The van der Waals surface area contributed by atoms with E-state index in [4.69, 9.17) is 14.2 Å². The lowest BCUT2D eigenvalue weighted by Gasteiger charge is -2.27. The van der Waals surface area contributed by atoms with Crippen LogP contribution in [0.1, 0.15) is 34.5 Å². The second kappa shape index (κ2) is 10.4. The van der Waals surface area contributed by atoms with Gasteiger partial charge >= 0.3 is 5.97 Å². The van der Waals surface area contributed by atoms with Crippen molar-refractivity contribution in [1.29, 1.82) is 0 Å². The topological polar surface area (TPSA) is 102 Å². The van der Waals surface area contributed by atoms with Crippen molar-refractivity contribution >= 4 is 29.1 Å². The van der Waals surface area contributed by atoms with Crippen molar-refractivity contribution in [2.75, 3.05) is 25.7 Å². The molecule has 8 heteroatoms. The second-order valence-corrected chi connectivity index (χ2v) is 7.91. The monoisotopic (exact) mass is 487 g/mol. The van der Waals surface area contributed by atoms with Gasteiger partial charge in [0.15, 0.2) is 0 Å². The first-order valence-electron chi connectivity index (χ1n) is 11.3. The maximum atomic E-state index is 13.4. The maximum Gasteiger partial charge on any atom is 0.338 e. The molecule has 184 valence electrons. The highest BCUT2D eigenvalue weighted by atomic mass is 16.5. The van der Waals surface area contributed by atoms with Crippen molar-refractivity contribution in [3.8, 4) is 11.5 Å². The van der Waals surface area contributed by atoms with Crippen LogP contribution in [0.5, 0.6) is 11.5 Å². The van der Waals surface area contributed by atoms with Crippen LogP contribution in [-0.2, 0) is 14.3 Å². The molecule has 8 nitrogen and oxygen atoms in total. The van der Waals surface area contributed by atoms with Crippen LogP contribution in [0, 0.1) is 0 Å². The molecule has 0 radical (unpaired) electrons. The molecule has 36 heavy (non-hydrogen) atoms. The number of ketones is 1. The van der Waals surface area contributed by atoms with Crippen molar-refractivity contribution in [3.63, 3.8) is 0 Å². The van der Waals surface area contributed by atoms with Gasteiger partial charge in [0, 0.05) is 22.9 Å². The van der Waals surface area contributed by atoms with Crippen LogP contribution in [0.15, 0.2) is 78.4 Å². The number of amides is 1. The van der Waals surface area contributed by atoms with Gasteiger partial charge in [0.2, 0.25) is 0 Å². The highest BCUT2D eigenvalue weighted by Crippen LogP contribution is 2.45. The molecule has 1 fully saturated rings. The van der Waals surface area contributed by atoms with Crippen LogP contribution in [-0.4, -0.2) is 43.6 Å². The van der Waals surface area contributed by atoms with Crippen LogP contribution >= 0.6 is 0 Å². The molecule has 3 aromatic carbocycles. The van der Waals surface area contributed by atoms with E-state index < -0.39 is 23.7 Å². The van der Waals surface area contributed by atoms with E-state index in [1.807, 2.05) is 0 Å². The zero-order valence-corrected chi connectivity index (χ0v) is 20.1. The Labute approximate surface area is 208 Å². The molecule has 0 aliphatic carbocycles. The van der Waals surface area contributed by atoms with Crippen molar-refractivity contribution < 1.29 is 33.7 Å². The molecular formula is C28H25NO7.